The molecule has 16 heavy (non-hydrogen) atoms. The van der Waals surface area contributed by atoms with Crippen LogP contribution >= 0.6 is 0 Å². The van der Waals surface area contributed by atoms with Gasteiger partial charge in [-0.2, -0.15) is 13.2 Å². The molecule has 0 unspecified atom stereocenters. The highest BCUT2D eigenvalue weighted by Crippen LogP contribution is 2.31. The van der Waals surface area contributed by atoms with Gasteiger partial charge in [0.25, 0.3) is 0 Å². The molecule has 1 N–H and O–H groups in total. The van der Waals surface area contributed by atoms with E-state index in [1.807, 2.05) is 0 Å². The van der Waals surface area contributed by atoms with Gasteiger partial charge in [-0.25, -0.2) is 4.39 Å². The molecule has 0 fully saturated rings. The quantitative estimate of drug-likeness (QED) is 0.819. The monoisotopic (exact) mass is 236 g/mol. The van der Waals surface area contributed by atoms with E-state index in [-0.39, 0.29) is 5.56 Å². The summed E-state index contributed by atoms with van der Waals surface area (Å²) in [4.78, 5) is 10.7. The predicted octanol–water partition coefficient (Wildman–Crippen LogP) is 2.95. The van der Waals surface area contributed by atoms with Crippen molar-refractivity contribution < 1.29 is 27.5 Å². The lowest BCUT2D eigenvalue weighted by Crippen LogP contribution is -2.20. The minimum atomic E-state index is -4.60. The lowest BCUT2D eigenvalue weighted by Gasteiger charge is -2.14. The average Bonchev–Trinajstić information content (AvgIpc) is 2.12. The number of rotatable bonds is 3. The van der Waals surface area contributed by atoms with Crippen LogP contribution in [-0.4, -0.2) is 17.3 Å². The number of aliphatic carboxylic acids is 1. The van der Waals surface area contributed by atoms with E-state index in [9.17, 15) is 22.4 Å². The zero-order chi connectivity index (χ0) is 12.3. The van der Waals surface area contributed by atoms with Crippen LogP contribution in [0.3, 0.4) is 0 Å². The molecule has 0 aliphatic rings. The lowest BCUT2D eigenvalue weighted by molar-refractivity contribution is -0.157. The van der Waals surface area contributed by atoms with Gasteiger partial charge in [-0.3, -0.25) is 4.79 Å². The number of halogens is 4. The summed E-state index contributed by atoms with van der Waals surface area (Å²) in [5.41, 5.74) is -0.190. The summed E-state index contributed by atoms with van der Waals surface area (Å²) >= 11 is 0. The number of alkyl halides is 3. The minimum absolute atomic E-state index is 0.190. The van der Waals surface area contributed by atoms with Gasteiger partial charge in [0, 0.05) is 0 Å². The molecular weight excluding hydrogens is 228 g/mol. The van der Waals surface area contributed by atoms with Gasteiger partial charge in [0.05, 0.1) is 12.3 Å². The molecule has 88 valence electrons. The first-order valence-electron chi connectivity index (χ1n) is 4.34. The summed E-state index contributed by atoms with van der Waals surface area (Å²) in [5.74, 6) is -4.15. The molecule has 0 aromatic heterocycles. The Hall–Kier alpha value is -1.59. The van der Waals surface area contributed by atoms with E-state index in [2.05, 4.69) is 0 Å². The highest BCUT2D eigenvalue weighted by Gasteiger charge is 2.36. The standard InChI is InChI=1S/C10H8F4O2/c11-7-3-1-2-6(4-7)8(9(15)16)5-10(12,13)14/h1-4,8H,5H2,(H,15,16)/t8-/m1/s1. The van der Waals surface area contributed by atoms with Crippen LogP contribution in [0.2, 0.25) is 0 Å². The number of carboxylic acids is 1. The van der Waals surface area contributed by atoms with Crippen molar-refractivity contribution in [1.29, 1.82) is 0 Å². The molecule has 1 atom stereocenters. The van der Waals surface area contributed by atoms with E-state index in [0.29, 0.717) is 0 Å². The third-order valence-corrected chi connectivity index (χ3v) is 1.98. The van der Waals surface area contributed by atoms with E-state index in [1.165, 1.54) is 6.07 Å². The smallest absolute Gasteiger partial charge is 0.390 e. The number of carboxylic acid groups (broad SMARTS) is 1. The van der Waals surface area contributed by atoms with Gasteiger partial charge >= 0.3 is 12.1 Å². The van der Waals surface area contributed by atoms with Crippen molar-refractivity contribution in [1.82, 2.24) is 0 Å². The third kappa shape index (κ3) is 3.52. The van der Waals surface area contributed by atoms with Crippen LogP contribution in [0, 0.1) is 5.82 Å². The first kappa shape index (κ1) is 12.5. The molecule has 6 heteroatoms. The highest BCUT2D eigenvalue weighted by atomic mass is 19.4. The van der Waals surface area contributed by atoms with E-state index in [0.717, 1.165) is 18.2 Å². The Labute approximate surface area is 88.5 Å². The fourth-order valence-electron chi connectivity index (χ4n) is 1.30. The molecule has 0 heterocycles. The molecule has 0 spiro atoms. The third-order valence-electron chi connectivity index (χ3n) is 1.98. The van der Waals surface area contributed by atoms with Gasteiger partial charge in [-0.15, -0.1) is 0 Å². The molecule has 0 saturated carbocycles. The molecule has 2 nitrogen and oxygen atoms in total. The SMILES string of the molecule is O=C(O)[C@H](CC(F)(F)F)c1cccc(F)c1. The Kier molecular flexibility index (Phi) is 3.51. The molecule has 1 aromatic rings. The zero-order valence-corrected chi connectivity index (χ0v) is 7.96. The molecule has 0 radical (unpaired) electrons. The second kappa shape index (κ2) is 4.51. The second-order valence-corrected chi connectivity index (χ2v) is 3.27. The van der Waals surface area contributed by atoms with Gasteiger partial charge in [0.15, 0.2) is 0 Å². The second-order valence-electron chi connectivity index (χ2n) is 3.27. The number of hydrogen-bond donors (Lipinski definition) is 1. The predicted molar refractivity (Wildman–Crippen MR) is 47.4 cm³/mol. The van der Waals surface area contributed by atoms with Crippen molar-refractivity contribution in [2.45, 2.75) is 18.5 Å². The highest BCUT2D eigenvalue weighted by molar-refractivity contribution is 5.76. The van der Waals surface area contributed by atoms with Crippen LogP contribution in [0.5, 0.6) is 0 Å². The normalized spacial score (nSPS) is 13.5. The summed E-state index contributed by atoms with van der Waals surface area (Å²) in [5, 5.41) is 8.66. The van der Waals surface area contributed by atoms with Crippen molar-refractivity contribution >= 4 is 5.97 Å². The maximum atomic E-state index is 12.7. The molecule has 0 aliphatic carbocycles. The first-order chi connectivity index (χ1) is 7.29. The fourth-order valence-corrected chi connectivity index (χ4v) is 1.30. The van der Waals surface area contributed by atoms with Gasteiger partial charge in [-0.1, -0.05) is 12.1 Å². The Morgan fingerprint density at radius 1 is 1.38 bits per heavy atom. The van der Waals surface area contributed by atoms with Crippen molar-refractivity contribution in [2.24, 2.45) is 0 Å². The van der Waals surface area contributed by atoms with Crippen LogP contribution in [-0.2, 0) is 4.79 Å². The topological polar surface area (TPSA) is 37.3 Å². The first-order valence-corrected chi connectivity index (χ1v) is 4.34. The number of hydrogen-bond acceptors (Lipinski definition) is 1. The molecule has 0 aliphatic heterocycles. The summed E-state index contributed by atoms with van der Waals surface area (Å²) in [6.07, 6.45) is -6.11. The number of carbonyl (C=O) groups is 1. The maximum absolute atomic E-state index is 12.7. The van der Waals surface area contributed by atoms with Crippen molar-refractivity contribution in [3.05, 3.63) is 35.6 Å². The molecule has 1 aromatic carbocycles. The van der Waals surface area contributed by atoms with E-state index >= 15 is 0 Å². The summed E-state index contributed by atoms with van der Waals surface area (Å²) in [6.45, 7) is 0. The van der Waals surface area contributed by atoms with Crippen molar-refractivity contribution in [3.8, 4) is 0 Å². The largest absolute Gasteiger partial charge is 0.481 e. The fraction of sp³-hybridized carbons (Fsp3) is 0.300. The van der Waals surface area contributed by atoms with Gasteiger partial charge in [0.1, 0.15) is 5.82 Å². The van der Waals surface area contributed by atoms with Crippen LogP contribution < -0.4 is 0 Å². The summed E-state index contributed by atoms with van der Waals surface area (Å²) < 4.78 is 49.0. The van der Waals surface area contributed by atoms with Crippen LogP contribution in [0.1, 0.15) is 17.9 Å². The Morgan fingerprint density at radius 2 is 2.00 bits per heavy atom. The molecule has 0 amide bonds. The van der Waals surface area contributed by atoms with E-state index in [1.54, 1.807) is 0 Å². The minimum Gasteiger partial charge on any atom is -0.481 e. The van der Waals surface area contributed by atoms with E-state index < -0.39 is 30.3 Å². The average molecular weight is 236 g/mol. The maximum Gasteiger partial charge on any atom is 0.390 e. The van der Waals surface area contributed by atoms with Gasteiger partial charge in [-0.05, 0) is 17.7 Å². The Balaban J connectivity index is 2.99. The lowest BCUT2D eigenvalue weighted by atomic mass is 9.95. The Bertz CT molecular complexity index is 387. The van der Waals surface area contributed by atoms with Crippen LogP contribution in [0.4, 0.5) is 17.6 Å². The molecular formula is C10H8F4O2. The molecule has 0 saturated heterocycles. The van der Waals surface area contributed by atoms with Crippen LogP contribution in [0.25, 0.3) is 0 Å². The summed E-state index contributed by atoms with van der Waals surface area (Å²) in [7, 11) is 0. The van der Waals surface area contributed by atoms with Gasteiger partial charge in [0.2, 0.25) is 0 Å². The van der Waals surface area contributed by atoms with E-state index in [4.69, 9.17) is 5.11 Å². The van der Waals surface area contributed by atoms with Crippen molar-refractivity contribution in [3.63, 3.8) is 0 Å². The molecule has 1 rings (SSSR count). The van der Waals surface area contributed by atoms with Crippen molar-refractivity contribution in [2.75, 3.05) is 0 Å². The summed E-state index contributed by atoms with van der Waals surface area (Å²) in [6, 6.07) is 4.17. The van der Waals surface area contributed by atoms with Crippen LogP contribution in [0.15, 0.2) is 24.3 Å². The zero-order valence-electron chi connectivity index (χ0n) is 7.96. The van der Waals surface area contributed by atoms with Gasteiger partial charge < -0.3 is 5.11 Å². The Morgan fingerprint density at radius 3 is 2.44 bits per heavy atom. The molecule has 0 bridgehead atoms. The number of benzene rings is 1.